The lowest BCUT2D eigenvalue weighted by atomic mass is 10.2. The molecule has 17 heavy (non-hydrogen) atoms. The number of hydrogen-bond acceptors (Lipinski definition) is 4. The number of rotatable bonds is 7. The lowest BCUT2D eigenvalue weighted by Gasteiger charge is -2.10. The number of nitrogen functional groups attached to an aromatic ring is 1. The molecule has 0 radical (unpaired) electrons. The Balaban J connectivity index is 2.52. The fraction of sp³-hybridized carbons (Fsp3) is 0.545. The van der Waals surface area contributed by atoms with Crippen molar-refractivity contribution in [3.05, 3.63) is 16.1 Å². The highest BCUT2D eigenvalue weighted by atomic mass is 35.5. The maximum atomic E-state index is 6.02. The van der Waals surface area contributed by atoms with Gasteiger partial charge in [-0.15, -0.1) is 0 Å². The van der Waals surface area contributed by atoms with Crippen LogP contribution < -0.4 is 16.6 Å². The molecule has 0 saturated heterocycles. The molecule has 0 amide bonds. The van der Waals surface area contributed by atoms with E-state index in [4.69, 9.17) is 29.0 Å². The van der Waals surface area contributed by atoms with Gasteiger partial charge < -0.3 is 10.7 Å². The summed E-state index contributed by atoms with van der Waals surface area (Å²) in [7, 11) is 0. The Hall–Kier alpha value is -0.710. The summed E-state index contributed by atoms with van der Waals surface area (Å²) < 4.78 is 0. The third kappa shape index (κ3) is 4.58. The van der Waals surface area contributed by atoms with Crippen LogP contribution in [0, 0.1) is 0 Å². The van der Waals surface area contributed by atoms with E-state index in [1.807, 2.05) is 0 Å². The van der Waals surface area contributed by atoms with Gasteiger partial charge in [0.05, 0.1) is 10.0 Å². The Labute approximate surface area is 112 Å². The normalized spacial score (nSPS) is 10.4. The molecule has 0 aliphatic rings. The van der Waals surface area contributed by atoms with Gasteiger partial charge in [0.15, 0.2) is 5.82 Å². The van der Waals surface area contributed by atoms with Crippen LogP contribution in [-0.4, -0.2) is 11.5 Å². The average Bonchev–Trinajstić information content (AvgIpc) is 2.31. The van der Waals surface area contributed by atoms with Crippen LogP contribution in [-0.2, 0) is 0 Å². The number of hydrogen-bond donors (Lipinski definition) is 3. The molecule has 0 fully saturated rings. The molecule has 0 unspecified atom stereocenters. The fourth-order valence-electron chi connectivity index (χ4n) is 1.45. The minimum absolute atomic E-state index is 0.411. The van der Waals surface area contributed by atoms with Crippen molar-refractivity contribution in [1.29, 1.82) is 0 Å². The molecule has 1 aromatic heterocycles. The minimum atomic E-state index is 0.411. The van der Waals surface area contributed by atoms with E-state index in [2.05, 4.69) is 22.7 Å². The summed E-state index contributed by atoms with van der Waals surface area (Å²) in [6.07, 6.45) is 4.77. The van der Waals surface area contributed by atoms with Gasteiger partial charge in [0.2, 0.25) is 0 Å². The van der Waals surface area contributed by atoms with E-state index < -0.39 is 0 Å². The van der Waals surface area contributed by atoms with Gasteiger partial charge in [-0.05, 0) is 12.5 Å². The van der Waals surface area contributed by atoms with Crippen molar-refractivity contribution in [3.8, 4) is 0 Å². The molecule has 1 aromatic rings. The van der Waals surface area contributed by atoms with Gasteiger partial charge in [-0.2, -0.15) is 0 Å². The molecular weight excluding hydrogens is 259 g/mol. The Bertz CT molecular complexity index is 358. The Morgan fingerprint density at radius 2 is 1.88 bits per heavy atom. The summed E-state index contributed by atoms with van der Waals surface area (Å²) in [5.74, 6) is 6.33. The van der Waals surface area contributed by atoms with Crippen molar-refractivity contribution in [2.24, 2.45) is 5.84 Å². The molecule has 0 saturated carbocycles. The van der Waals surface area contributed by atoms with Crippen molar-refractivity contribution >= 4 is 34.8 Å². The molecule has 1 rings (SSSR count). The fourth-order valence-corrected chi connectivity index (χ4v) is 1.93. The molecule has 1 heterocycles. The smallest absolute Gasteiger partial charge is 0.161 e. The number of hydrazine groups is 1. The van der Waals surface area contributed by atoms with Crippen LogP contribution in [0.2, 0.25) is 10.0 Å². The number of anilines is 2. The first-order chi connectivity index (χ1) is 8.19. The van der Waals surface area contributed by atoms with Crippen LogP contribution in [0.1, 0.15) is 32.6 Å². The van der Waals surface area contributed by atoms with Crippen molar-refractivity contribution in [2.75, 3.05) is 17.3 Å². The van der Waals surface area contributed by atoms with Crippen LogP contribution in [0.15, 0.2) is 6.07 Å². The van der Waals surface area contributed by atoms with E-state index in [-0.39, 0.29) is 0 Å². The SMILES string of the molecule is CCCCCCNc1nc(NN)c(Cl)cc1Cl. The van der Waals surface area contributed by atoms with Gasteiger partial charge >= 0.3 is 0 Å². The second-order valence-electron chi connectivity index (χ2n) is 3.78. The molecule has 96 valence electrons. The first-order valence-corrected chi connectivity index (χ1v) is 6.51. The van der Waals surface area contributed by atoms with Crippen LogP contribution in [0.25, 0.3) is 0 Å². The Morgan fingerprint density at radius 3 is 2.53 bits per heavy atom. The third-order valence-electron chi connectivity index (χ3n) is 2.39. The summed E-state index contributed by atoms with van der Waals surface area (Å²) in [4.78, 5) is 4.20. The van der Waals surface area contributed by atoms with E-state index in [0.717, 1.165) is 13.0 Å². The summed E-state index contributed by atoms with van der Waals surface area (Å²) in [5, 5.41) is 4.09. The molecule has 0 atom stereocenters. The number of nitrogens with one attached hydrogen (secondary N) is 2. The topological polar surface area (TPSA) is 63.0 Å². The minimum Gasteiger partial charge on any atom is -0.369 e. The Kier molecular flexibility index (Phi) is 6.40. The lowest BCUT2D eigenvalue weighted by molar-refractivity contribution is 0.684. The first-order valence-electron chi connectivity index (χ1n) is 5.75. The van der Waals surface area contributed by atoms with Gasteiger partial charge in [-0.3, -0.25) is 0 Å². The van der Waals surface area contributed by atoms with Gasteiger partial charge in [0.1, 0.15) is 5.82 Å². The molecule has 0 spiro atoms. The van der Waals surface area contributed by atoms with E-state index in [0.29, 0.717) is 21.7 Å². The van der Waals surface area contributed by atoms with Gasteiger partial charge in [0.25, 0.3) is 0 Å². The number of nitrogens with zero attached hydrogens (tertiary/aromatic N) is 1. The lowest BCUT2D eigenvalue weighted by Crippen LogP contribution is -2.11. The largest absolute Gasteiger partial charge is 0.369 e. The molecule has 0 aliphatic carbocycles. The maximum Gasteiger partial charge on any atom is 0.161 e. The average molecular weight is 277 g/mol. The summed E-state index contributed by atoms with van der Waals surface area (Å²) in [6, 6.07) is 1.62. The predicted molar refractivity (Wildman–Crippen MR) is 74.7 cm³/mol. The highest BCUT2D eigenvalue weighted by molar-refractivity contribution is 6.37. The zero-order chi connectivity index (χ0) is 12.7. The van der Waals surface area contributed by atoms with E-state index in [1.54, 1.807) is 6.07 Å². The monoisotopic (exact) mass is 276 g/mol. The number of nitrogens with two attached hydrogens (primary N) is 1. The quantitative estimate of drug-likeness (QED) is 0.404. The van der Waals surface area contributed by atoms with Crippen molar-refractivity contribution < 1.29 is 0 Å². The first kappa shape index (κ1) is 14.4. The van der Waals surface area contributed by atoms with Crippen LogP contribution in [0.4, 0.5) is 11.6 Å². The second-order valence-corrected chi connectivity index (χ2v) is 4.60. The Morgan fingerprint density at radius 1 is 1.18 bits per heavy atom. The highest BCUT2D eigenvalue weighted by Gasteiger charge is 2.07. The molecule has 0 bridgehead atoms. The third-order valence-corrected chi connectivity index (χ3v) is 2.97. The number of aromatic nitrogens is 1. The summed E-state index contributed by atoms with van der Waals surface area (Å²) in [5.41, 5.74) is 2.43. The predicted octanol–water partition coefficient (Wildman–Crippen LogP) is 3.67. The molecule has 6 heteroatoms. The number of pyridine rings is 1. The van der Waals surface area contributed by atoms with Gasteiger partial charge in [0, 0.05) is 6.54 Å². The van der Waals surface area contributed by atoms with Gasteiger partial charge in [-0.25, -0.2) is 10.8 Å². The molecule has 0 aromatic carbocycles. The molecule has 4 nitrogen and oxygen atoms in total. The number of unbranched alkanes of at least 4 members (excludes halogenated alkanes) is 3. The van der Waals surface area contributed by atoms with Crippen LogP contribution in [0.3, 0.4) is 0 Å². The van der Waals surface area contributed by atoms with Crippen LogP contribution in [0.5, 0.6) is 0 Å². The highest BCUT2D eigenvalue weighted by Crippen LogP contribution is 2.28. The van der Waals surface area contributed by atoms with Crippen molar-refractivity contribution in [2.45, 2.75) is 32.6 Å². The molecule has 4 N–H and O–H groups in total. The zero-order valence-electron chi connectivity index (χ0n) is 9.89. The summed E-state index contributed by atoms with van der Waals surface area (Å²) >= 11 is 11.9. The molecular formula is C11H18Cl2N4. The van der Waals surface area contributed by atoms with E-state index in [9.17, 15) is 0 Å². The molecule has 0 aliphatic heterocycles. The standard InChI is InChI=1S/C11H18Cl2N4/c1-2-3-4-5-6-15-10-8(12)7-9(13)11(16-10)17-14/h7H,2-6,14H2,1H3,(H2,15,16,17). The second kappa shape index (κ2) is 7.58. The van der Waals surface area contributed by atoms with E-state index in [1.165, 1.54) is 19.3 Å². The zero-order valence-corrected chi connectivity index (χ0v) is 11.4. The van der Waals surface area contributed by atoms with Crippen molar-refractivity contribution in [1.82, 2.24) is 4.98 Å². The summed E-state index contributed by atoms with van der Waals surface area (Å²) in [6.45, 7) is 3.03. The number of halogens is 2. The van der Waals surface area contributed by atoms with Gasteiger partial charge in [-0.1, -0.05) is 49.4 Å². The maximum absolute atomic E-state index is 6.02. The van der Waals surface area contributed by atoms with Crippen LogP contribution >= 0.6 is 23.2 Å². The van der Waals surface area contributed by atoms with Crippen molar-refractivity contribution in [3.63, 3.8) is 0 Å². The van der Waals surface area contributed by atoms with E-state index >= 15 is 0 Å².